The van der Waals surface area contributed by atoms with Crippen molar-refractivity contribution >= 4 is 11.9 Å². The van der Waals surface area contributed by atoms with Gasteiger partial charge < -0.3 is 13.9 Å². The summed E-state index contributed by atoms with van der Waals surface area (Å²) in [5.41, 5.74) is 0.511. The van der Waals surface area contributed by atoms with E-state index >= 15 is 0 Å². The molecule has 5 heteroatoms. The minimum Gasteiger partial charge on any atom is -0.472 e. The molecule has 132 valence electrons. The third kappa shape index (κ3) is 1.89. The monoisotopic (exact) mass is 342 g/mol. The predicted molar refractivity (Wildman–Crippen MR) is 87.1 cm³/mol. The molecule has 0 amide bonds. The van der Waals surface area contributed by atoms with E-state index in [4.69, 9.17) is 13.9 Å². The third-order valence-electron chi connectivity index (χ3n) is 7.27. The van der Waals surface area contributed by atoms with E-state index < -0.39 is 0 Å². The fraction of sp³-hybridized carbons (Fsp3) is 0.600. The lowest BCUT2D eigenvalue weighted by Crippen LogP contribution is -2.57. The van der Waals surface area contributed by atoms with Crippen molar-refractivity contribution in [1.29, 1.82) is 0 Å². The van der Waals surface area contributed by atoms with Crippen molar-refractivity contribution in [2.45, 2.75) is 38.7 Å². The van der Waals surface area contributed by atoms with E-state index in [0.717, 1.165) is 31.2 Å². The molecule has 3 heterocycles. The number of carbonyl (C=O) groups excluding carboxylic acids is 2. The minimum absolute atomic E-state index is 0.0643. The largest absolute Gasteiger partial charge is 0.472 e. The number of hydrogen-bond acceptors (Lipinski definition) is 5. The Morgan fingerprint density at radius 1 is 1.20 bits per heavy atom. The zero-order valence-corrected chi connectivity index (χ0v) is 14.3. The molecule has 1 aromatic heterocycles. The molecule has 0 radical (unpaired) electrons. The second kappa shape index (κ2) is 4.99. The standard InChI is InChI=1S/C20H22O5/c1-19-9-15(12-6-8-23-10-12)25-18(22)13(19)5-7-20-11-24-17(21)14(20)3-2-4-16(19)20/h2,4,6,8,10,13-16H,3,5,7,9,11H2,1H3/t13-,14-,15+,16-,19+,20+/m0/s1. The topological polar surface area (TPSA) is 65.7 Å². The van der Waals surface area contributed by atoms with Gasteiger partial charge in [0.1, 0.15) is 6.10 Å². The van der Waals surface area contributed by atoms with E-state index in [9.17, 15) is 9.59 Å². The number of rotatable bonds is 1. The summed E-state index contributed by atoms with van der Waals surface area (Å²) in [5.74, 6) is -0.209. The first-order chi connectivity index (χ1) is 12.0. The summed E-state index contributed by atoms with van der Waals surface area (Å²) in [4.78, 5) is 25.1. The van der Waals surface area contributed by atoms with Crippen LogP contribution in [-0.2, 0) is 19.1 Å². The summed E-state index contributed by atoms with van der Waals surface area (Å²) < 4.78 is 16.4. The highest BCUT2D eigenvalue weighted by Crippen LogP contribution is 2.65. The van der Waals surface area contributed by atoms with E-state index in [2.05, 4.69) is 19.1 Å². The van der Waals surface area contributed by atoms with Crippen molar-refractivity contribution in [2.75, 3.05) is 6.61 Å². The molecule has 2 aliphatic heterocycles. The molecule has 1 spiro atoms. The van der Waals surface area contributed by atoms with Gasteiger partial charge in [0.05, 0.1) is 31.0 Å². The molecule has 2 aliphatic carbocycles. The lowest BCUT2D eigenvalue weighted by atomic mass is 9.45. The third-order valence-corrected chi connectivity index (χ3v) is 7.27. The summed E-state index contributed by atoms with van der Waals surface area (Å²) in [6.07, 6.45) is 10.5. The van der Waals surface area contributed by atoms with Gasteiger partial charge in [0.15, 0.2) is 0 Å². The molecule has 25 heavy (non-hydrogen) atoms. The second-order valence-corrected chi connectivity index (χ2v) is 8.32. The van der Waals surface area contributed by atoms with Crippen LogP contribution in [0.2, 0.25) is 0 Å². The first kappa shape index (κ1) is 15.2. The molecule has 4 aliphatic rings. The molecule has 1 saturated carbocycles. The zero-order chi connectivity index (χ0) is 17.2. The van der Waals surface area contributed by atoms with E-state index in [-0.39, 0.29) is 46.6 Å². The summed E-state index contributed by atoms with van der Waals surface area (Å²) in [6, 6.07) is 1.86. The normalized spacial score (nSPS) is 45.2. The van der Waals surface area contributed by atoms with Crippen LogP contribution >= 0.6 is 0 Å². The van der Waals surface area contributed by atoms with Crippen LogP contribution in [0.1, 0.15) is 44.3 Å². The van der Waals surface area contributed by atoms with Crippen molar-refractivity contribution in [3.8, 4) is 0 Å². The Morgan fingerprint density at radius 2 is 2.08 bits per heavy atom. The first-order valence-electron chi connectivity index (χ1n) is 9.10. The van der Waals surface area contributed by atoms with E-state index in [1.54, 1.807) is 12.5 Å². The number of allylic oxidation sites excluding steroid dienone is 2. The average molecular weight is 342 g/mol. The maximum atomic E-state index is 12.8. The smallest absolute Gasteiger partial charge is 0.310 e. The lowest BCUT2D eigenvalue weighted by molar-refractivity contribution is -0.191. The summed E-state index contributed by atoms with van der Waals surface area (Å²) >= 11 is 0. The second-order valence-electron chi connectivity index (χ2n) is 8.32. The van der Waals surface area contributed by atoms with E-state index in [1.165, 1.54) is 0 Å². The number of furan rings is 1. The summed E-state index contributed by atoms with van der Waals surface area (Å²) in [6.45, 7) is 2.69. The van der Waals surface area contributed by atoms with Gasteiger partial charge >= 0.3 is 11.9 Å². The number of carbonyl (C=O) groups is 2. The van der Waals surface area contributed by atoms with Crippen molar-refractivity contribution in [3.63, 3.8) is 0 Å². The van der Waals surface area contributed by atoms with Gasteiger partial charge in [0, 0.05) is 11.0 Å². The highest BCUT2D eigenvalue weighted by Gasteiger charge is 2.66. The van der Waals surface area contributed by atoms with Crippen LogP contribution in [-0.4, -0.2) is 18.5 Å². The molecule has 3 fully saturated rings. The maximum Gasteiger partial charge on any atom is 0.310 e. The molecule has 0 bridgehead atoms. The molecule has 0 aromatic carbocycles. The van der Waals surface area contributed by atoms with Gasteiger partial charge in [-0.1, -0.05) is 19.1 Å². The van der Waals surface area contributed by atoms with E-state index in [1.807, 2.05) is 6.07 Å². The lowest BCUT2D eigenvalue weighted by Gasteiger charge is -2.58. The summed E-state index contributed by atoms with van der Waals surface area (Å²) in [5, 5.41) is 0. The fourth-order valence-corrected chi connectivity index (χ4v) is 6.02. The number of fused-ring (bicyclic) bond motifs is 2. The Labute approximate surface area is 146 Å². The van der Waals surface area contributed by atoms with Crippen LogP contribution in [0.15, 0.2) is 35.2 Å². The number of cyclic esters (lactones) is 2. The Morgan fingerprint density at radius 3 is 2.88 bits per heavy atom. The van der Waals surface area contributed by atoms with Gasteiger partial charge in [-0.2, -0.15) is 0 Å². The Balaban J connectivity index is 1.57. The van der Waals surface area contributed by atoms with Crippen molar-refractivity contribution in [3.05, 3.63) is 36.3 Å². The van der Waals surface area contributed by atoms with Gasteiger partial charge in [-0.25, -0.2) is 0 Å². The van der Waals surface area contributed by atoms with Gasteiger partial charge in [0.25, 0.3) is 0 Å². The van der Waals surface area contributed by atoms with Crippen LogP contribution in [0, 0.1) is 28.6 Å². The van der Waals surface area contributed by atoms with Crippen LogP contribution in [0.25, 0.3) is 0 Å². The molecule has 5 nitrogen and oxygen atoms in total. The summed E-state index contributed by atoms with van der Waals surface area (Å²) in [7, 11) is 0. The van der Waals surface area contributed by atoms with E-state index in [0.29, 0.717) is 6.61 Å². The molecule has 5 rings (SSSR count). The molecule has 2 saturated heterocycles. The number of ether oxygens (including phenoxy) is 2. The van der Waals surface area contributed by atoms with Crippen LogP contribution in [0.4, 0.5) is 0 Å². The quantitative estimate of drug-likeness (QED) is 0.578. The number of hydrogen-bond donors (Lipinski definition) is 0. The fourth-order valence-electron chi connectivity index (χ4n) is 6.02. The van der Waals surface area contributed by atoms with Crippen molar-refractivity contribution in [1.82, 2.24) is 0 Å². The average Bonchev–Trinajstić information content (AvgIpc) is 3.23. The molecule has 0 unspecified atom stereocenters. The SMILES string of the molecule is C[C@@]12C[C@H](c3ccoc3)OC(=O)[C@@H]1CC[C@@]13COC(=O)[C@@H]1CC=C[C@@H]23. The highest BCUT2D eigenvalue weighted by atomic mass is 16.5. The maximum absolute atomic E-state index is 12.8. The van der Waals surface area contributed by atoms with Crippen LogP contribution in [0.3, 0.4) is 0 Å². The van der Waals surface area contributed by atoms with Gasteiger partial charge in [-0.15, -0.1) is 0 Å². The molecule has 1 aromatic rings. The Bertz CT molecular complexity index is 750. The van der Waals surface area contributed by atoms with Crippen LogP contribution in [0.5, 0.6) is 0 Å². The highest BCUT2D eigenvalue weighted by molar-refractivity contribution is 5.78. The molecular formula is C20H22O5. The zero-order valence-electron chi connectivity index (χ0n) is 14.3. The Hall–Kier alpha value is -2.04. The predicted octanol–water partition coefficient (Wildman–Crippen LogP) is 3.42. The minimum atomic E-state index is -0.283. The van der Waals surface area contributed by atoms with Gasteiger partial charge in [0.2, 0.25) is 0 Å². The van der Waals surface area contributed by atoms with Gasteiger partial charge in [-0.05, 0) is 43.1 Å². The molecule has 6 atom stereocenters. The van der Waals surface area contributed by atoms with Crippen molar-refractivity contribution in [2.24, 2.45) is 28.6 Å². The molecular weight excluding hydrogens is 320 g/mol. The van der Waals surface area contributed by atoms with Crippen molar-refractivity contribution < 1.29 is 23.5 Å². The first-order valence-corrected chi connectivity index (χ1v) is 9.10. The molecule has 0 N–H and O–H groups in total. The van der Waals surface area contributed by atoms with Crippen LogP contribution < -0.4 is 0 Å². The number of esters is 2. The van der Waals surface area contributed by atoms with Gasteiger partial charge in [-0.3, -0.25) is 9.59 Å². The Kier molecular flexibility index (Phi) is 3.04.